The van der Waals surface area contributed by atoms with E-state index in [0.29, 0.717) is 0 Å². The van der Waals surface area contributed by atoms with E-state index in [0.717, 1.165) is 17.7 Å². The third kappa shape index (κ3) is 6.15. The second-order valence-electron chi connectivity index (χ2n) is 1.71. The Kier molecular flexibility index (Phi) is 15.0. The molecule has 0 saturated carbocycles. The molecule has 0 aliphatic rings. The Morgan fingerprint density at radius 1 is 1.64 bits per heavy atom. The van der Waals surface area contributed by atoms with E-state index in [1.807, 2.05) is 7.05 Å². The maximum Gasteiger partial charge on any atom is 0.00185 e. The fraction of sp³-hybridized carbons (Fsp3) is 0.222. The van der Waals surface area contributed by atoms with E-state index in [1.54, 1.807) is 6.08 Å². The van der Waals surface area contributed by atoms with Crippen molar-refractivity contribution in [3.8, 4) is 0 Å². The van der Waals surface area contributed by atoms with Gasteiger partial charge in [-0.25, -0.2) is 25.0 Å². The molecular formula is C9H16NV-3. The zero-order valence-electron chi connectivity index (χ0n) is 7.35. The Morgan fingerprint density at radius 2 is 2.09 bits per heavy atom. The smallest absolute Gasteiger partial charge is 0.00185 e. The first-order valence-corrected chi connectivity index (χ1v) is 2.90. The predicted octanol–water partition coefficient (Wildman–Crippen LogP) is 2.15. The zero-order valence-corrected chi connectivity index (χ0v) is 8.75. The molecule has 0 heterocycles. The van der Waals surface area contributed by atoms with E-state index in [-0.39, 0.29) is 26.0 Å². The summed E-state index contributed by atoms with van der Waals surface area (Å²) in [5.74, 6) is 0. The Hall–Kier alpha value is -0.266. The summed E-state index contributed by atoms with van der Waals surface area (Å²) in [6.07, 6.45) is 2.51. The first-order chi connectivity index (χ1) is 4.26. The Morgan fingerprint density at radius 3 is 2.18 bits per heavy atom. The van der Waals surface area contributed by atoms with Crippen LogP contribution in [0, 0.1) is 21.3 Å². The maximum absolute atomic E-state index is 3.76. The van der Waals surface area contributed by atoms with Crippen LogP contribution in [0.25, 0.3) is 0 Å². The number of allylic oxidation sites excluding steroid dienone is 2. The SMILES string of the molecule is C=C(NC)/C(=C/[CH2-])C[CH2-].[CH3-].[V]. The number of rotatable bonds is 3. The molecule has 0 aliphatic carbocycles. The van der Waals surface area contributed by atoms with Gasteiger partial charge in [0.25, 0.3) is 0 Å². The first-order valence-electron chi connectivity index (χ1n) is 2.90. The van der Waals surface area contributed by atoms with Gasteiger partial charge in [-0.05, 0) is 0 Å². The molecule has 1 radical (unpaired) electrons. The van der Waals surface area contributed by atoms with Crippen LogP contribution >= 0.6 is 0 Å². The molecule has 2 heteroatoms. The number of nitrogens with one attached hydrogen (secondary N) is 1. The van der Waals surface area contributed by atoms with Crippen LogP contribution in [0.4, 0.5) is 0 Å². The van der Waals surface area contributed by atoms with Crippen LogP contribution in [-0.2, 0) is 18.6 Å². The summed E-state index contributed by atoms with van der Waals surface area (Å²) < 4.78 is 0. The molecule has 0 bridgehead atoms. The van der Waals surface area contributed by atoms with Crippen LogP contribution in [0.3, 0.4) is 0 Å². The third-order valence-corrected chi connectivity index (χ3v) is 1.21. The van der Waals surface area contributed by atoms with Gasteiger partial charge in [-0.3, -0.25) is 0 Å². The van der Waals surface area contributed by atoms with Crippen molar-refractivity contribution >= 4 is 0 Å². The van der Waals surface area contributed by atoms with E-state index >= 15 is 0 Å². The average molecular weight is 189 g/mol. The Bertz CT molecular complexity index is 128. The first kappa shape index (κ1) is 17.0. The van der Waals surface area contributed by atoms with E-state index in [9.17, 15) is 0 Å². The molecule has 0 rings (SSSR count). The van der Waals surface area contributed by atoms with Crippen molar-refractivity contribution in [2.24, 2.45) is 0 Å². The summed E-state index contributed by atoms with van der Waals surface area (Å²) in [6.45, 7) is 11.1. The fourth-order valence-corrected chi connectivity index (χ4v) is 0.537. The van der Waals surface area contributed by atoms with Crippen molar-refractivity contribution in [1.82, 2.24) is 5.32 Å². The molecule has 0 amide bonds. The summed E-state index contributed by atoms with van der Waals surface area (Å²) in [5.41, 5.74) is 1.97. The van der Waals surface area contributed by atoms with Gasteiger partial charge in [-0.1, -0.05) is 12.3 Å². The van der Waals surface area contributed by atoms with Gasteiger partial charge in [-0.2, -0.15) is 0 Å². The Labute approximate surface area is 82.8 Å². The molecule has 0 aromatic carbocycles. The molecular weight excluding hydrogens is 173 g/mol. The fourth-order valence-electron chi connectivity index (χ4n) is 0.537. The molecule has 0 unspecified atom stereocenters. The van der Waals surface area contributed by atoms with Crippen LogP contribution in [-0.4, -0.2) is 7.05 Å². The van der Waals surface area contributed by atoms with Gasteiger partial charge in [-0.15, -0.1) is 0 Å². The molecule has 1 nitrogen and oxygen atoms in total. The summed E-state index contributed by atoms with van der Waals surface area (Å²) >= 11 is 0. The normalized spacial score (nSPS) is 9.09. The van der Waals surface area contributed by atoms with Gasteiger partial charge >= 0.3 is 0 Å². The summed E-state index contributed by atoms with van der Waals surface area (Å²) in [7, 11) is 1.83. The van der Waals surface area contributed by atoms with E-state index < -0.39 is 0 Å². The van der Waals surface area contributed by atoms with Crippen molar-refractivity contribution in [3.63, 3.8) is 0 Å². The number of likely N-dealkylation sites (N-methyl/N-ethyl adjacent to an activating group) is 1. The molecule has 0 aromatic heterocycles. The molecule has 0 fully saturated rings. The zero-order chi connectivity index (χ0) is 7.28. The van der Waals surface area contributed by atoms with Gasteiger partial charge in [0.1, 0.15) is 0 Å². The molecule has 1 N–H and O–H groups in total. The molecule has 0 saturated heterocycles. The van der Waals surface area contributed by atoms with Crippen LogP contribution in [0.1, 0.15) is 6.42 Å². The van der Waals surface area contributed by atoms with Gasteiger partial charge in [0.2, 0.25) is 0 Å². The van der Waals surface area contributed by atoms with Crippen molar-refractivity contribution in [2.45, 2.75) is 6.42 Å². The minimum Gasteiger partial charge on any atom is -0.403 e. The molecule has 65 valence electrons. The van der Waals surface area contributed by atoms with Gasteiger partial charge in [0.15, 0.2) is 0 Å². The molecule has 11 heavy (non-hydrogen) atoms. The van der Waals surface area contributed by atoms with Crippen LogP contribution < -0.4 is 5.32 Å². The van der Waals surface area contributed by atoms with E-state index in [1.165, 1.54) is 0 Å². The van der Waals surface area contributed by atoms with Gasteiger partial charge in [0, 0.05) is 25.6 Å². The average Bonchev–Trinajstić information content (AvgIpc) is 1.90. The van der Waals surface area contributed by atoms with Gasteiger partial charge < -0.3 is 19.7 Å². The van der Waals surface area contributed by atoms with E-state index in [4.69, 9.17) is 0 Å². The third-order valence-electron chi connectivity index (χ3n) is 1.21. The van der Waals surface area contributed by atoms with Crippen molar-refractivity contribution in [1.29, 1.82) is 0 Å². The van der Waals surface area contributed by atoms with Crippen LogP contribution in [0.5, 0.6) is 0 Å². The molecule has 0 aliphatic heterocycles. The van der Waals surface area contributed by atoms with Crippen molar-refractivity contribution in [3.05, 3.63) is 45.2 Å². The van der Waals surface area contributed by atoms with Gasteiger partial charge in [0.05, 0.1) is 0 Å². The molecule has 0 aromatic rings. The van der Waals surface area contributed by atoms with E-state index in [2.05, 4.69) is 25.7 Å². The summed E-state index contributed by atoms with van der Waals surface area (Å²) in [5, 5.41) is 2.92. The largest absolute Gasteiger partial charge is 0.403 e. The summed E-state index contributed by atoms with van der Waals surface area (Å²) in [6, 6.07) is 0. The predicted molar refractivity (Wildman–Crippen MR) is 48.0 cm³/mol. The van der Waals surface area contributed by atoms with Crippen LogP contribution in [0.2, 0.25) is 0 Å². The van der Waals surface area contributed by atoms with Crippen molar-refractivity contribution < 1.29 is 18.6 Å². The minimum atomic E-state index is 0. The molecule has 0 atom stereocenters. The monoisotopic (exact) mass is 189 g/mol. The van der Waals surface area contributed by atoms with Crippen molar-refractivity contribution in [2.75, 3.05) is 7.05 Å². The van der Waals surface area contributed by atoms with Crippen LogP contribution in [0.15, 0.2) is 23.9 Å². The quantitative estimate of drug-likeness (QED) is 0.530. The topological polar surface area (TPSA) is 12.0 Å². The standard InChI is InChI=1S/C8H13N.CH3.V/c1-5-8(6-2)7(3)9-4;;/h5,9H,1-3,6H2,4H3;1H3;/q-2;-1;/b8-5+;;. The maximum atomic E-state index is 3.76. The second-order valence-corrected chi connectivity index (χ2v) is 1.71. The number of hydrogen-bond donors (Lipinski definition) is 1. The molecule has 0 spiro atoms. The summed E-state index contributed by atoms with van der Waals surface area (Å²) in [4.78, 5) is 0. The number of hydrogen-bond acceptors (Lipinski definition) is 1. The Balaban J connectivity index is -0.000000320. The minimum absolute atomic E-state index is 0. The second kappa shape index (κ2) is 9.73.